The van der Waals surface area contributed by atoms with Crippen LogP contribution >= 0.6 is 12.4 Å². The van der Waals surface area contributed by atoms with E-state index >= 15 is 0 Å². The maximum absolute atomic E-state index is 11.5. The van der Waals surface area contributed by atoms with E-state index in [9.17, 15) is 13.2 Å². The number of aromatic nitrogens is 1. The minimum atomic E-state index is -3.39. The second-order valence-corrected chi connectivity index (χ2v) is 5.80. The lowest BCUT2D eigenvalue weighted by Gasteiger charge is -2.09. The van der Waals surface area contributed by atoms with Gasteiger partial charge in [-0.3, -0.25) is 4.79 Å². The van der Waals surface area contributed by atoms with Gasteiger partial charge in [0.15, 0.2) is 9.84 Å². The van der Waals surface area contributed by atoms with Gasteiger partial charge in [0.25, 0.3) is 0 Å². The van der Waals surface area contributed by atoms with Crippen LogP contribution in [-0.4, -0.2) is 30.8 Å². The lowest BCUT2D eigenvalue weighted by molar-refractivity contribution is -0.115. The van der Waals surface area contributed by atoms with Crippen LogP contribution in [0.25, 0.3) is 0 Å². The van der Waals surface area contributed by atoms with Gasteiger partial charge in [-0.05, 0) is 19.1 Å². The Morgan fingerprint density at radius 1 is 1.47 bits per heavy atom. The molecule has 1 aromatic rings. The SMILES string of the molecule is CC(C(=O)Nc1ccc(N)nc1)S(C)(=O)=O.Cl. The average molecular weight is 280 g/mol. The van der Waals surface area contributed by atoms with Gasteiger partial charge in [-0.2, -0.15) is 0 Å². The van der Waals surface area contributed by atoms with E-state index in [1.54, 1.807) is 6.07 Å². The molecule has 0 aromatic carbocycles. The van der Waals surface area contributed by atoms with Crippen molar-refractivity contribution in [1.29, 1.82) is 0 Å². The third kappa shape index (κ3) is 4.58. The molecule has 0 aliphatic carbocycles. The van der Waals surface area contributed by atoms with Gasteiger partial charge < -0.3 is 11.1 Å². The van der Waals surface area contributed by atoms with Crippen LogP contribution in [-0.2, 0) is 14.6 Å². The molecule has 0 radical (unpaired) electrons. The zero-order valence-electron chi connectivity index (χ0n) is 9.38. The topological polar surface area (TPSA) is 102 Å². The largest absolute Gasteiger partial charge is 0.384 e. The van der Waals surface area contributed by atoms with Crippen molar-refractivity contribution < 1.29 is 13.2 Å². The maximum Gasteiger partial charge on any atom is 0.242 e. The zero-order chi connectivity index (χ0) is 12.3. The number of hydrogen-bond acceptors (Lipinski definition) is 5. The second-order valence-electron chi connectivity index (χ2n) is 3.43. The fourth-order valence-electron chi connectivity index (χ4n) is 0.918. The molecule has 0 aliphatic rings. The monoisotopic (exact) mass is 279 g/mol. The highest BCUT2D eigenvalue weighted by atomic mass is 35.5. The fourth-order valence-corrected chi connectivity index (χ4v) is 1.37. The molecule has 0 aliphatic heterocycles. The molecule has 1 unspecified atom stereocenters. The number of anilines is 2. The first-order chi connectivity index (χ1) is 7.30. The molecule has 0 bridgehead atoms. The third-order valence-electron chi connectivity index (χ3n) is 2.07. The number of nitrogen functional groups attached to an aromatic ring is 1. The zero-order valence-corrected chi connectivity index (χ0v) is 11.0. The Balaban J connectivity index is 0.00000256. The smallest absolute Gasteiger partial charge is 0.242 e. The van der Waals surface area contributed by atoms with Crippen molar-refractivity contribution >= 4 is 39.7 Å². The predicted octanol–water partition coefficient (Wildman–Crippen LogP) is 0.457. The molecule has 0 spiro atoms. The molecule has 96 valence electrons. The Bertz CT molecular complexity index is 487. The number of carbonyl (C=O) groups is 1. The number of nitrogens with two attached hydrogens (primary N) is 1. The van der Waals surface area contributed by atoms with Gasteiger partial charge in [-0.1, -0.05) is 0 Å². The van der Waals surface area contributed by atoms with Crippen molar-refractivity contribution in [1.82, 2.24) is 4.98 Å². The molecular formula is C9H14ClN3O3S. The number of nitrogens with zero attached hydrogens (tertiary/aromatic N) is 1. The van der Waals surface area contributed by atoms with Gasteiger partial charge in [0.05, 0.1) is 11.9 Å². The number of sulfone groups is 1. The van der Waals surface area contributed by atoms with Crippen LogP contribution in [0.1, 0.15) is 6.92 Å². The van der Waals surface area contributed by atoms with Crippen molar-refractivity contribution in [3.63, 3.8) is 0 Å². The van der Waals surface area contributed by atoms with Crippen LogP contribution < -0.4 is 11.1 Å². The summed E-state index contributed by atoms with van der Waals surface area (Å²) in [6, 6.07) is 3.07. The summed E-state index contributed by atoms with van der Waals surface area (Å²) in [5.41, 5.74) is 5.78. The number of hydrogen-bond donors (Lipinski definition) is 2. The number of nitrogens with one attached hydrogen (secondary N) is 1. The van der Waals surface area contributed by atoms with Gasteiger partial charge >= 0.3 is 0 Å². The summed E-state index contributed by atoms with van der Waals surface area (Å²) in [4.78, 5) is 15.3. The first-order valence-corrected chi connectivity index (χ1v) is 6.47. The maximum atomic E-state index is 11.5. The van der Waals surface area contributed by atoms with Gasteiger partial charge in [0, 0.05) is 6.26 Å². The van der Waals surface area contributed by atoms with E-state index in [0.717, 1.165) is 6.26 Å². The normalized spacial score (nSPS) is 12.4. The minimum absolute atomic E-state index is 0. The molecule has 17 heavy (non-hydrogen) atoms. The van der Waals surface area contributed by atoms with Crippen LogP contribution in [0.2, 0.25) is 0 Å². The molecule has 0 fully saturated rings. The molecule has 1 aromatic heterocycles. The molecule has 1 rings (SSSR count). The molecule has 0 saturated heterocycles. The predicted molar refractivity (Wildman–Crippen MR) is 68.8 cm³/mol. The van der Waals surface area contributed by atoms with Crippen molar-refractivity contribution in [2.45, 2.75) is 12.2 Å². The van der Waals surface area contributed by atoms with Crippen molar-refractivity contribution in [3.8, 4) is 0 Å². The Morgan fingerprint density at radius 3 is 2.47 bits per heavy atom. The first kappa shape index (κ1) is 15.7. The Labute approximate surface area is 106 Å². The van der Waals surface area contributed by atoms with Crippen molar-refractivity contribution in [2.75, 3.05) is 17.3 Å². The first-order valence-electron chi connectivity index (χ1n) is 4.52. The summed E-state index contributed by atoms with van der Waals surface area (Å²) in [5, 5.41) is 1.35. The summed E-state index contributed by atoms with van der Waals surface area (Å²) in [7, 11) is -3.39. The van der Waals surface area contributed by atoms with Crippen LogP contribution in [0.3, 0.4) is 0 Å². The Morgan fingerprint density at radius 2 is 2.06 bits per heavy atom. The second kappa shape index (κ2) is 5.83. The summed E-state index contributed by atoms with van der Waals surface area (Å²) in [6.07, 6.45) is 2.38. The highest BCUT2D eigenvalue weighted by Gasteiger charge is 2.23. The minimum Gasteiger partial charge on any atom is -0.384 e. The van der Waals surface area contributed by atoms with E-state index in [4.69, 9.17) is 5.73 Å². The van der Waals surface area contributed by atoms with Crippen LogP contribution in [0.4, 0.5) is 11.5 Å². The van der Waals surface area contributed by atoms with Gasteiger partial charge in [-0.15, -0.1) is 12.4 Å². The van der Waals surface area contributed by atoms with E-state index in [0.29, 0.717) is 11.5 Å². The highest BCUT2D eigenvalue weighted by molar-refractivity contribution is 7.92. The highest BCUT2D eigenvalue weighted by Crippen LogP contribution is 2.09. The van der Waals surface area contributed by atoms with E-state index in [-0.39, 0.29) is 12.4 Å². The summed E-state index contributed by atoms with van der Waals surface area (Å²) >= 11 is 0. The van der Waals surface area contributed by atoms with E-state index in [1.807, 2.05) is 0 Å². The van der Waals surface area contributed by atoms with Crippen molar-refractivity contribution in [3.05, 3.63) is 18.3 Å². The van der Waals surface area contributed by atoms with Crippen LogP contribution in [0.15, 0.2) is 18.3 Å². The molecule has 1 heterocycles. The lowest BCUT2D eigenvalue weighted by atomic mass is 10.3. The molecule has 1 amide bonds. The third-order valence-corrected chi connectivity index (χ3v) is 3.56. The Kier molecular flexibility index (Phi) is 5.37. The summed E-state index contributed by atoms with van der Waals surface area (Å²) in [5.74, 6) is -0.261. The quantitative estimate of drug-likeness (QED) is 0.837. The van der Waals surface area contributed by atoms with Gasteiger partial charge in [0.2, 0.25) is 5.91 Å². The Hall–Kier alpha value is -1.34. The van der Waals surface area contributed by atoms with Gasteiger partial charge in [0.1, 0.15) is 11.1 Å². The number of rotatable bonds is 3. The van der Waals surface area contributed by atoms with Crippen LogP contribution in [0, 0.1) is 0 Å². The molecule has 8 heteroatoms. The molecular weight excluding hydrogens is 266 g/mol. The average Bonchev–Trinajstić information content (AvgIpc) is 2.19. The summed E-state index contributed by atoms with van der Waals surface area (Å²) < 4.78 is 22.2. The molecule has 6 nitrogen and oxygen atoms in total. The van der Waals surface area contributed by atoms with Crippen molar-refractivity contribution in [2.24, 2.45) is 0 Å². The standard InChI is InChI=1S/C9H13N3O3S.ClH/c1-6(16(2,14)15)9(13)12-7-3-4-8(10)11-5-7;/h3-6H,1-2H3,(H2,10,11)(H,12,13);1H. The van der Waals surface area contributed by atoms with Crippen LogP contribution in [0.5, 0.6) is 0 Å². The number of carbonyl (C=O) groups excluding carboxylic acids is 1. The van der Waals surface area contributed by atoms with E-state index < -0.39 is 21.0 Å². The number of pyridine rings is 1. The lowest BCUT2D eigenvalue weighted by Crippen LogP contribution is -2.31. The number of halogens is 1. The van der Waals surface area contributed by atoms with E-state index in [2.05, 4.69) is 10.3 Å². The molecule has 1 atom stereocenters. The van der Waals surface area contributed by atoms with E-state index in [1.165, 1.54) is 19.2 Å². The fraction of sp³-hybridized carbons (Fsp3) is 0.333. The molecule has 0 saturated carbocycles. The van der Waals surface area contributed by atoms with Gasteiger partial charge in [-0.25, -0.2) is 13.4 Å². The number of amides is 1. The summed E-state index contributed by atoms with van der Waals surface area (Å²) in [6.45, 7) is 1.33. The molecule has 3 N–H and O–H groups in total.